The Labute approximate surface area is 227 Å². The van der Waals surface area contributed by atoms with E-state index in [1.807, 2.05) is 79.7 Å². The van der Waals surface area contributed by atoms with Crippen molar-refractivity contribution in [1.29, 1.82) is 5.26 Å². The number of carbonyl (C=O) groups is 1. The Kier molecular flexibility index (Phi) is 8.74. The molecule has 3 N–H and O–H groups in total. The number of nitrogens with zero attached hydrogens (tertiary/aromatic N) is 5. The number of amides is 1. The molecule has 202 valence electrons. The highest BCUT2D eigenvalue weighted by Gasteiger charge is 2.36. The normalized spacial score (nSPS) is 15.1. The topological polar surface area (TPSA) is 120 Å². The number of likely N-dealkylation sites (tertiary alicyclic amines) is 1. The number of nitrogens with one attached hydrogen (secondary N) is 1. The first-order valence-corrected chi connectivity index (χ1v) is 12.7. The van der Waals surface area contributed by atoms with Gasteiger partial charge in [-0.05, 0) is 50.0 Å². The van der Waals surface area contributed by atoms with Crippen molar-refractivity contribution in [2.45, 2.75) is 18.5 Å². The number of para-hydroxylation sites is 1. The van der Waals surface area contributed by atoms with Gasteiger partial charge < -0.3 is 25.6 Å². The van der Waals surface area contributed by atoms with E-state index in [0.29, 0.717) is 23.7 Å². The van der Waals surface area contributed by atoms with Crippen molar-refractivity contribution in [2.75, 3.05) is 51.3 Å². The van der Waals surface area contributed by atoms with E-state index in [1.54, 1.807) is 6.08 Å². The molecule has 0 aliphatic carbocycles. The summed E-state index contributed by atoms with van der Waals surface area (Å²) in [6.45, 7) is 0.918. The van der Waals surface area contributed by atoms with Gasteiger partial charge in [-0.25, -0.2) is 14.4 Å². The summed E-state index contributed by atoms with van der Waals surface area (Å²) in [6, 6.07) is 18.8. The van der Waals surface area contributed by atoms with Crippen molar-refractivity contribution in [3.05, 3.63) is 72.6 Å². The van der Waals surface area contributed by atoms with Gasteiger partial charge in [0.25, 0.3) is 5.91 Å². The second-order valence-corrected chi connectivity index (χ2v) is 9.71. The third-order valence-electron chi connectivity index (χ3n) is 6.53. The van der Waals surface area contributed by atoms with Crippen LogP contribution in [0.25, 0.3) is 11.1 Å². The van der Waals surface area contributed by atoms with Crippen molar-refractivity contribution in [2.24, 2.45) is 0 Å². The van der Waals surface area contributed by atoms with Gasteiger partial charge in [0.05, 0.1) is 12.1 Å². The number of carbonyl (C=O) groups excluding carboxylic acids is 1. The molecule has 1 amide bonds. The molecule has 4 rings (SSSR count). The third-order valence-corrected chi connectivity index (χ3v) is 6.53. The number of likely N-dealkylation sites (N-methyl/N-ethyl adjacent to an activating group) is 1. The second kappa shape index (κ2) is 12.4. The average Bonchev–Trinajstić information content (AvgIpc) is 2.94. The summed E-state index contributed by atoms with van der Waals surface area (Å²) in [5.41, 5.74) is 6.06. The summed E-state index contributed by atoms with van der Waals surface area (Å²) < 4.78 is 21.6. The lowest BCUT2D eigenvalue weighted by atomic mass is 9.92. The Hall–Kier alpha value is -4.49. The summed E-state index contributed by atoms with van der Waals surface area (Å²) >= 11 is 0. The van der Waals surface area contributed by atoms with E-state index < -0.39 is 5.67 Å². The molecule has 0 spiro atoms. The number of nitrogens with two attached hydrogens (primary N) is 1. The number of alkyl halides is 1. The Morgan fingerprint density at radius 1 is 1.15 bits per heavy atom. The molecule has 1 aliphatic heterocycles. The smallest absolute Gasteiger partial charge is 0.264 e. The molecule has 39 heavy (non-hydrogen) atoms. The fraction of sp³-hybridized carbons (Fsp3) is 0.310. The highest BCUT2D eigenvalue weighted by Crippen LogP contribution is 2.34. The number of nitrogen functional groups attached to an aromatic ring is 1. The van der Waals surface area contributed by atoms with Crippen LogP contribution < -0.4 is 15.8 Å². The molecule has 0 radical (unpaired) electrons. The van der Waals surface area contributed by atoms with E-state index >= 15 is 4.39 Å². The lowest BCUT2D eigenvalue weighted by Gasteiger charge is -2.36. The Morgan fingerprint density at radius 2 is 1.82 bits per heavy atom. The molecular formula is C29H32FN7O2. The second-order valence-electron chi connectivity index (χ2n) is 9.71. The number of benzene rings is 2. The van der Waals surface area contributed by atoms with Gasteiger partial charge in [0, 0.05) is 32.5 Å². The van der Waals surface area contributed by atoms with E-state index in [1.165, 1.54) is 11.2 Å². The number of hydrogen-bond donors (Lipinski definition) is 2. The molecule has 1 fully saturated rings. The number of piperidine rings is 1. The Balaban J connectivity index is 1.40. The predicted molar refractivity (Wildman–Crippen MR) is 149 cm³/mol. The zero-order chi connectivity index (χ0) is 27.8. The van der Waals surface area contributed by atoms with Crippen LogP contribution in [0.4, 0.5) is 16.0 Å². The minimum Gasteiger partial charge on any atom is -0.457 e. The summed E-state index contributed by atoms with van der Waals surface area (Å²) in [5, 5.41) is 12.5. The molecule has 1 aliphatic rings. The fourth-order valence-electron chi connectivity index (χ4n) is 4.29. The molecule has 0 bridgehead atoms. The van der Waals surface area contributed by atoms with Gasteiger partial charge >= 0.3 is 0 Å². The van der Waals surface area contributed by atoms with E-state index in [9.17, 15) is 10.1 Å². The van der Waals surface area contributed by atoms with Gasteiger partial charge in [-0.15, -0.1) is 0 Å². The van der Waals surface area contributed by atoms with E-state index in [2.05, 4.69) is 15.3 Å². The van der Waals surface area contributed by atoms with Gasteiger partial charge in [0.15, 0.2) is 0 Å². The standard InChI is InChI=1S/C29H32FN7O2/c1-36(2)15-12-22(18-31)28(38)37-16-13-29(30,14-17-37)19-33-27-25(26(32)34-20-35-27)21-8-10-24(11-9-21)39-23-6-4-3-5-7-23/h3-12,20H,13-17,19H2,1-2H3,(H3,32,33,34,35). The van der Waals surface area contributed by atoms with Crippen molar-refractivity contribution >= 4 is 17.5 Å². The van der Waals surface area contributed by atoms with Crippen LogP contribution in [-0.2, 0) is 4.79 Å². The van der Waals surface area contributed by atoms with E-state index in [0.717, 1.165) is 11.3 Å². The number of nitriles is 1. The Morgan fingerprint density at radius 3 is 2.46 bits per heavy atom. The first-order chi connectivity index (χ1) is 18.8. The van der Waals surface area contributed by atoms with Crippen molar-refractivity contribution < 1.29 is 13.9 Å². The first-order valence-electron chi connectivity index (χ1n) is 12.7. The number of rotatable bonds is 9. The zero-order valence-electron chi connectivity index (χ0n) is 22.1. The van der Waals surface area contributed by atoms with Crippen LogP contribution >= 0.6 is 0 Å². The minimum absolute atomic E-state index is 0.00470. The van der Waals surface area contributed by atoms with E-state index in [4.69, 9.17) is 10.5 Å². The number of aromatic nitrogens is 2. The van der Waals surface area contributed by atoms with Crippen LogP contribution in [0, 0.1) is 11.3 Å². The van der Waals surface area contributed by atoms with Gasteiger partial charge in [0.2, 0.25) is 0 Å². The predicted octanol–water partition coefficient (Wildman–Crippen LogP) is 4.27. The molecule has 2 aromatic carbocycles. The van der Waals surface area contributed by atoms with Crippen LogP contribution in [0.15, 0.2) is 72.6 Å². The number of ether oxygens (including phenoxy) is 1. The van der Waals surface area contributed by atoms with Crippen LogP contribution in [0.5, 0.6) is 11.5 Å². The summed E-state index contributed by atoms with van der Waals surface area (Å²) in [5.74, 6) is 1.72. The fourth-order valence-corrected chi connectivity index (χ4v) is 4.29. The van der Waals surface area contributed by atoms with Crippen LogP contribution in [0.1, 0.15) is 12.8 Å². The monoisotopic (exact) mass is 529 g/mol. The van der Waals surface area contributed by atoms with Gasteiger partial charge in [-0.2, -0.15) is 5.26 Å². The molecule has 1 saturated heterocycles. The minimum atomic E-state index is -1.55. The zero-order valence-corrected chi connectivity index (χ0v) is 22.1. The summed E-state index contributed by atoms with van der Waals surface area (Å²) in [6.07, 6.45) is 3.21. The number of hydrogen-bond acceptors (Lipinski definition) is 8. The molecule has 3 aromatic rings. The maximum absolute atomic E-state index is 15.7. The highest BCUT2D eigenvalue weighted by molar-refractivity contribution is 5.97. The van der Waals surface area contributed by atoms with Gasteiger partial charge in [-0.3, -0.25) is 4.79 Å². The van der Waals surface area contributed by atoms with Gasteiger partial charge in [-0.1, -0.05) is 30.3 Å². The van der Waals surface area contributed by atoms with Crippen LogP contribution in [-0.4, -0.2) is 71.6 Å². The maximum atomic E-state index is 15.7. The SMILES string of the molecule is CN(C)CC=C(C#N)C(=O)N1CCC(F)(CNc2ncnc(N)c2-c2ccc(Oc3ccccc3)cc2)CC1. The quantitative estimate of drug-likeness (QED) is 0.311. The summed E-state index contributed by atoms with van der Waals surface area (Å²) in [7, 11) is 3.71. The number of halogens is 1. The maximum Gasteiger partial charge on any atom is 0.264 e. The number of anilines is 2. The van der Waals surface area contributed by atoms with Crippen molar-refractivity contribution in [3.63, 3.8) is 0 Å². The molecule has 0 unspecified atom stereocenters. The third kappa shape index (κ3) is 7.09. The van der Waals surface area contributed by atoms with E-state index in [-0.39, 0.29) is 49.8 Å². The average molecular weight is 530 g/mol. The van der Waals surface area contributed by atoms with Gasteiger partial charge in [0.1, 0.15) is 46.8 Å². The lowest BCUT2D eigenvalue weighted by Crippen LogP contribution is -2.48. The molecule has 9 nitrogen and oxygen atoms in total. The molecule has 0 saturated carbocycles. The van der Waals surface area contributed by atoms with Crippen molar-refractivity contribution in [1.82, 2.24) is 19.8 Å². The van der Waals surface area contributed by atoms with Crippen LogP contribution in [0.2, 0.25) is 0 Å². The molecule has 1 aromatic heterocycles. The molecule has 2 heterocycles. The Bertz CT molecular complexity index is 1350. The largest absolute Gasteiger partial charge is 0.457 e. The first kappa shape index (κ1) is 27.5. The molecule has 0 atom stereocenters. The van der Waals surface area contributed by atoms with Crippen LogP contribution in [0.3, 0.4) is 0 Å². The summed E-state index contributed by atoms with van der Waals surface area (Å²) in [4.78, 5) is 24.6. The molecule has 10 heteroatoms. The molecular weight excluding hydrogens is 497 g/mol. The highest BCUT2D eigenvalue weighted by atomic mass is 19.1. The lowest BCUT2D eigenvalue weighted by molar-refractivity contribution is -0.129. The van der Waals surface area contributed by atoms with Crippen molar-refractivity contribution in [3.8, 4) is 28.7 Å².